The fourth-order valence-electron chi connectivity index (χ4n) is 0. The van der Waals surface area contributed by atoms with Crippen LogP contribution in [0.15, 0.2) is 0 Å². The third kappa shape index (κ3) is 22000. The molecule has 10 heavy (non-hydrogen) atoms. The zero-order chi connectivity index (χ0) is 3.58. The molecule has 0 saturated carbocycles. The Morgan fingerprint density at radius 1 is 0.800 bits per heavy atom. The summed E-state index contributed by atoms with van der Waals surface area (Å²) in [6, 6.07) is 0. The van der Waals surface area contributed by atoms with Crippen molar-refractivity contribution >= 4 is 0 Å². The summed E-state index contributed by atoms with van der Waals surface area (Å²) in [6.45, 7) is 0. The maximum absolute atomic E-state index is 8.25. The largest absolute Gasteiger partial charge is 3.00 e. The van der Waals surface area contributed by atoms with Crippen molar-refractivity contribution in [3.05, 3.63) is 15.3 Å². The molecule has 0 aromatic carbocycles. The Hall–Kier alpha value is -0.130. The number of nitrogens with zero attached hydrogens (tertiary/aromatic N) is 1. The molecular weight excluding hydrogens is 187 g/mol. The summed E-state index contributed by atoms with van der Waals surface area (Å²) in [7, 11) is 0. The van der Waals surface area contributed by atoms with Gasteiger partial charge in [0, 0.05) is 0 Å². The normalized spacial score (nSPS) is 2.40. The van der Waals surface area contributed by atoms with Crippen LogP contribution in [0.5, 0.6) is 0 Å². The Morgan fingerprint density at radius 3 is 0.800 bits per heavy atom. The molecule has 0 radical (unpaired) electrons. The van der Waals surface area contributed by atoms with Crippen LogP contribution in [0.4, 0.5) is 0 Å². The molecule has 0 aliphatic carbocycles. The third-order valence-corrected chi connectivity index (χ3v) is 0. The molecule has 64 valence electrons. The molecule has 0 aliphatic heterocycles. The first-order valence-corrected chi connectivity index (χ1v) is 0.548. The second-order valence-electron chi connectivity index (χ2n) is 0.224. The molecule has 9 nitrogen and oxygen atoms in total. The minimum absolute atomic E-state index is 0. The van der Waals surface area contributed by atoms with Gasteiger partial charge in [0.1, 0.15) is 0 Å². The van der Waals surface area contributed by atoms with E-state index in [4.69, 9.17) is 15.3 Å². The molecule has 0 saturated heterocycles. The quantitative estimate of drug-likeness (QED) is 0.277. The number of hydrogen-bond donors (Lipinski definition) is 0. The molecule has 0 aromatic rings. The predicted octanol–water partition coefficient (Wildman–Crippen LogP) is -4.37. The molecule has 0 rings (SSSR count). The maximum atomic E-state index is 8.25. The first kappa shape index (κ1) is 94.3. The van der Waals surface area contributed by atoms with E-state index in [0.717, 1.165) is 0 Å². The van der Waals surface area contributed by atoms with Gasteiger partial charge in [-0.2, -0.15) is 0 Å². The fraction of sp³-hybridized carbons (Fsp3) is 0. The molecule has 10 N–H and O–H groups in total. The summed E-state index contributed by atoms with van der Waals surface area (Å²) in [5, 5.41) is 14.8. The van der Waals surface area contributed by atoms with Crippen molar-refractivity contribution in [3.8, 4) is 0 Å². The zero-order valence-electron chi connectivity index (χ0n) is 4.75. The maximum Gasteiger partial charge on any atom is 3.00 e. The van der Waals surface area contributed by atoms with Crippen LogP contribution >= 0.6 is 0 Å². The van der Waals surface area contributed by atoms with Crippen molar-refractivity contribution in [3.63, 3.8) is 0 Å². The molecule has 0 aromatic heterocycles. The molecule has 0 heterocycles. The van der Waals surface area contributed by atoms with Crippen LogP contribution in [0.2, 0.25) is 0 Å². The molecular formula is H10NO8Sc+2. The van der Waals surface area contributed by atoms with Gasteiger partial charge in [-0.05, 0) is 0 Å². The van der Waals surface area contributed by atoms with Gasteiger partial charge in [0.15, 0.2) is 0 Å². The molecule has 0 aliphatic rings. The summed E-state index contributed by atoms with van der Waals surface area (Å²) >= 11 is 0. The second-order valence-corrected chi connectivity index (χ2v) is 0.224. The fourth-order valence-corrected chi connectivity index (χ4v) is 0. The van der Waals surface area contributed by atoms with Crippen molar-refractivity contribution in [1.29, 1.82) is 0 Å². The van der Waals surface area contributed by atoms with E-state index in [9.17, 15) is 0 Å². The van der Waals surface area contributed by atoms with Gasteiger partial charge < -0.3 is 42.7 Å². The van der Waals surface area contributed by atoms with E-state index in [1.807, 2.05) is 0 Å². The van der Waals surface area contributed by atoms with E-state index in [-0.39, 0.29) is 53.2 Å². The predicted molar refractivity (Wildman–Crippen MR) is 28.4 cm³/mol. The molecule has 0 fully saturated rings. The minimum Gasteiger partial charge on any atom is -0.412 e. The SMILES string of the molecule is O.O.O.O.O.O=[N+]([O-])[O-].[Sc+3]. The second kappa shape index (κ2) is 66.7. The third-order valence-electron chi connectivity index (χ3n) is 0. The number of rotatable bonds is 0. The van der Waals surface area contributed by atoms with Crippen LogP contribution < -0.4 is 0 Å². The van der Waals surface area contributed by atoms with Gasteiger partial charge in [-0.15, -0.1) is 0 Å². The van der Waals surface area contributed by atoms with Crippen molar-refractivity contribution in [2.45, 2.75) is 0 Å². The van der Waals surface area contributed by atoms with E-state index in [2.05, 4.69) is 0 Å². The van der Waals surface area contributed by atoms with Crippen molar-refractivity contribution in [2.24, 2.45) is 0 Å². The molecule has 0 atom stereocenters. The Morgan fingerprint density at radius 2 is 0.800 bits per heavy atom. The summed E-state index contributed by atoms with van der Waals surface area (Å²) in [4.78, 5) is 8.25. The van der Waals surface area contributed by atoms with E-state index >= 15 is 0 Å². The van der Waals surface area contributed by atoms with E-state index in [1.54, 1.807) is 0 Å². The molecule has 0 bridgehead atoms. The van der Waals surface area contributed by atoms with Gasteiger partial charge >= 0.3 is 25.8 Å². The topological polar surface area (TPSA) is 224 Å². The Balaban J connectivity index is -0.00000000300. The van der Waals surface area contributed by atoms with Gasteiger partial charge in [-0.25, -0.2) is 0 Å². The van der Waals surface area contributed by atoms with Crippen molar-refractivity contribution < 1.29 is 58.3 Å². The molecule has 0 unspecified atom stereocenters. The first-order valence-electron chi connectivity index (χ1n) is 0.548. The standard InChI is InChI=1S/NO3.5H2O.Sc/c2-1(3)4;;;;;;/h;5*1H2;/q-1;;;;;;+3. The van der Waals surface area contributed by atoms with Crippen LogP contribution in [0.1, 0.15) is 0 Å². The monoisotopic (exact) mass is 197 g/mol. The molecule has 0 amide bonds. The Kier molecular flexibility index (Phi) is 629. The first-order chi connectivity index (χ1) is 1.73. The Labute approximate surface area is 74.1 Å². The Bertz CT molecular complexity index is 32.2. The number of hydrogen-bond acceptors (Lipinski definition) is 3. The van der Waals surface area contributed by atoms with Gasteiger partial charge in [-0.3, -0.25) is 0 Å². The van der Waals surface area contributed by atoms with Crippen molar-refractivity contribution in [2.75, 3.05) is 0 Å². The summed E-state index contributed by atoms with van der Waals surface area (Å²) in [5.74, 6) is 0. The van der Waals surface area contributed by atoms with Gasteiger partial charge in [0.2, 0.25) is 0 Å². The summed E-state index contributed by atoms with van der Waals surface area (Å²) in [5.41, 5.74) is 0. The van der Waals surface area contributed by atoms with Crippen LogP contribution in [-0.4, -0.2) is 32.5 Å². The van der Waals surface area contributed by atoms with Crippen LogP contribution in [0, 0.1) is 15.3 Å². The minimum atomic E-state index is -1.75. The zero-order valence-corrected chi connectivity index (χ0v) is 6.55. The van der Waals surface area contributed by atoms with Gasteiger partial charge in [-0.1, -0.05) is 0 Å². The summed E-state index contributed by atoms with van der Waals surface area (Å²) in [6.07, 6.45) is 0. The average molecular weight is 197 g/mol. The van der Waals surface area contributed by atoms with E-state index in [0.29, 0.717) is 0 Å². The van der Waals surface area contributed by atoms with Crippen LogP contribution in [0.3, 0.4) is 0 Å². The molecule has 0 spiro atoms. The van der Waals surface area contributed by atoms with E-state index in [1.165, 1.54) is 0 Å². The van der Waals surface area contributed by atoms with Crippen molar-refractivity contribution in [1.82, 2.24) is 0 Å². The summed E-state index contributed by atoms with van der Waals surface area (Å²) < 4.78 is 0. The van der Waals surface area contributed by atoms with Gasteiger partial charge in [0.05, 0.1) is 5.09 Å². The van der Waals surface area contributed by atoms with Crippen LogP contribution in [-0.2, 0) is 25.8 Å². The van der Waals surface area contributed by atoms with E-state index < -0.39 is 5.09 Å². The van der Waals surface area contributed by atoms with Gasteiger partial charge in [0.25, 0.3) is 0 Å². The molecule has 10 heteroatoms. The average Bonchev–Trinajstić information content (AvgIpc) is 0.811. The van der Waals surface area contributed by atoms with Crippen LogP contribution in [0.25, 0.3) is 0 Å². The smallest absolute Gasteiger partial charge is 0.412 e.